The minimum atomic E-state index is -1.07. The Kier molecular flexibility index (Phi) is 4.98. The molecular formula is C19H16N2O5. The van der Waals surface area contributed by atoms with E-state index in [4.69, 9.17) is 14.6 Å². The number of benzene rings is 2. The third-order valence-electron chi connectivity index (χ3n) is 3.60. The highest BCUT2D eigenvalue weighted by Gasteiger charge is 2.07. The lowest BCUT2D eigenvalue weighted by Crippen LogP contribution is -2.11. The molecule has 0 bridgehead atoms. The molecule has 0 aliphatic carbocycles. The van der Waals surface area contributed by atoms with Crippen molar-refractivity contribution in [2.75, 3.05) is 13.7 Å². The van der Waals surface area contributed by atoms with Gasteiger partial charge in [-0.25, -0.2) is 9.78 Å². The summed E-state index contributed by atoms with van der Waals surface area (Å²) < 4.78 is 10.4. The normalized spacial score (nSPS) is 11.0. The summed E-state index contributed by atoms with van der Waals surface area (Å²) in [5.74, 6) is -0.347. The van der Waals surface area contributed by atoms with Gasteiger partial charge in [0.05, 0.1) is 18.1 Å². The third kappa shape index (κ3) is 3.89. The van der Waals surface area contributed by atoms with Crippen molar-refractivity contribution in [2.45, 2.75) is 0 Å². The third-order valence-corrected chi connectivity index (χ3v) is 3.60. The lowest BCUT2D eigenvalue weighted by Gasteiger charge is -2.09. The number of carboxylic acid groups (broad SMARTS) is 1. The fraction of sp³-hybridized carbons (Fsp3) is 0.105. The monoisotopic (exact) mass is 352 g/mol. The number of nitrogens with one attached hydrogen (secondary N) is 1. The highest BCUT2D eigenvalue weighted by atomic mass is 16.5. The van der Waals surface area contributed by atoms with Crippen molar-refractivity contribution in [3.05, 3.63) is 64.1 Å². The van der Waals surface area contributed by atoms with E-state index in [2.05, 4.69) is 9.97 Å². The molecule has 0 amide bonds. The second-order valence-corrected chi connectivity index (χ2v) is 5.39. The second-order valence-electron chi connectivity index (χ2n) is 5.39. The molecule has 0 spiro atoms. The summed E-state index contributed by atoms with van der Waals surface area (Å²) >= 11 is 0. The van der Waals surface area contributed by atoms with Gasteiger partial charge in [-0.1, -0.05) is 24.3 Å². The molecule has 1 aromatic heterocycles. The van der Waals surface area contributed by atoms with Crippen LogP contribution in [0.5, 0.6) is 11.5 Å². The molecule has 2 N–H and O–H groups in total. The van der Waals surface area contributed by atoms with Crippen LogP contribution in [0.4, 0.5) is 0 Å². The van der Waals surface area contributed by atoms with Gasteiger partial charge in [0.2, 0.25) is 0 Å². The van der Waals surface area contributed by atoms with E-state index >= 15 is 0 Å². The van der Waals surface area contributed by atoms with E-state index in [0.29, 0.717) is 22.5 Å². The van der Waals surface area contributed by atoms with E-state index in [1.54, 1.807) is 36.4 Å². The van der Waals surface area contributed by atoms with Crippen molar-refractivity contribution in [3.63, 3.8) is 0 Å². The zero-order valence-electron chi connectivity index (χ0n) is 13.9. The molecule has 7 heteroatoms. The number of nitrogens with zero attached hydrogens (tertiary/aromatic N) is 1. The van der Waals surface area contributed by atoms with Crippen LogP contribution in [0.1, 0.15) is 11.3 Å². The number of aromatic nitrogens is 2. The van der Waals surface area contributed by atoms with Gasteiger partial charge in [0.25, 0.3) is 5.56 Å². The van der Waals surface area contributed by atoms with Gasteiger partial charge in [-0.15, -0.1) is 0 Å². The van der Waals surface area contributed by atoms with E-state index in [0.717, 1.165) is 5.56 Å². The predicted octanol–water partition coefficient (Wildman–Crippen LogP) is 2.57. The zero-order chi connectivity index (χ0) is 18.5. The van der Waals surface area contributed by atoms with Crippen molar-refractivity contribution in [1.82, 2.24) is 9.97 Å². The van der Waals surface area contributed by atoms with Crippen molar-refractivity contribution in [3.8, 4) is 11.5 Å². The first kappa shape index (κ1) is 17.2. The quantitative estimate of drug-likeness (QED) is 0.707. The Labute approximate surface area is 148 Å². The van der Waals surface area contributed by atoms with Crippen LogP contribution < -0.4 is 15.0 Å². The Balaban J connectivity index is 1.87. The van der Waals surface area contributed by atoms with E-state index in [-0.39, 0.29) is 11.3 Å². The number of fused-ring (bicyclic) bond motifs is 1. The first-order chi connectivity index (χ1) is 12.6. The standard InChI is InChI=1S/C19H16N2O5/c1-25-17-10-12(7-9-16(17)26-11-18(22)23)6-8-15-19(24)21-14-5-3-2-4-13(14)20-15/h2-10H,11H2,1H3,(H,21,24)(H,22,23)/b8-6+. The van der Waals surface area contributed by atoms with Crippen LogP contribution in [-0.2, 0) is 4.79 Å². The van der Waals surface area contributed by atoms with Crippen molar-refractivity contribution in [2.24, 2.45) is 0 Å². The van der Waals surface area contributed by atoms with Gasteiger partial charge in [-0.2, -0.15) is 0 Å². The Morgan fingerprint density at radius 1 is 1.19 bits per heavy atom. The number of H-pyrrole nitrogens is 1. The van der Waals surface area contributed by atoms with Crippen LogP contribution in [-0.4, -0.2) is 34.8 Å². The molecule has 0 saturated heterocycles. The Bertz CT molecular complexity index is 1040. The maximum atomic E-state index is 12.1. The maximum absolute atomic E-state index is 12.1. The molecule has 0 aliphatic rings. The molecule has 3 aromatic rings. The Morgan fingerprint density at radius 2 is 2.00 bits per heavy atom. The highest BCUT2D eigenvalue weighted by Crippen LogP contribution is 2.28. The minimum Gasteiger partial charge on any atom is -0.493 e. The molecule has 3 rings (SSSR count). The van der Waals surface area contributed by atoms with Crippen LogP contribution in [0.25, 0.3) is 23.2 Å². The van der Waals surface area contributed by atoms with Crippen LogP contribution >= 0.6 is 0 Å². The number of para-hydroxylation sites is 2. The molecule has 132 valence electrons. The number of hydrogen-bond donors (Lipinski definition) is 2. The SMILES string of the molecule is COc1cc(/C=C/c2nc3ccccc3[nH]c2=O)ccc1OCC(=O)O. The summed E-state index contributed by atoms with van der Waals surface area (Å²) in [5, 5.41) is 8.69. The zero-order valence-corrected chi connectivity index (χ0v) is 13.9. The number of aliphatic carboxylic acids is 1. The van der Waals surface area contributed by atoms with Gasteiger partial charge in [-0.3, -0.25) is 4.79 Å². The van der Waals surface area contributed by atoms with Crippen LogP contribution in [0, 0.1) is 0 Å². The van der Waals surface area contributed by atoms with Crippen LogP contribution in [0.3, 0.4) is 0 Å². The van der Waals surface area contributed by atoms with Gasteiger partial charge in [-0.05, 0) is 35.9 Å². The first-order valence-corrected chi connectivity index (χ1v) is 7.76. The number of hydrogen-bond acceptors (Lipinski definition) is 5. The van der Waals surface area contributed by atoms with Crippen LogP contribution in [0.2, 0.25) is 0 Å². The highest BCUT2D eigenvalue weighted by molar-refractivity contribution is 5.77. The van der Waals surface area contributed by atoms with Crippen molar-refractivity contribution < 1.29 is 19.4 Å². The molecule has 2 aromatic carbocycles. The van der Waals surface area contributed by atoms with E-state index in [1.165, 1.54) is 7.11 Å². The second kappa shape index (κ2) is 7.52. The summed E-state index contributed by atoms with van der Waals surface area (Å²) in [4.78, 5) is 29.8. The number of carbonyl (C=O) groups is 1. The average molecular weight is 352 g/mol. The smallest absolute Gasteiger partial charge is 0.341 e. The minimum absolute atomic E-state index is 0.284. The molecule has 0 radical (unpaired) electrons. The summed E-state index contributed by atoms with van der Waals surface area (Å²) in [7, 11) is 1.46. The fourth-order valence-electron chi connectivity index (χ4n) is 2.38. The first-order valence-electron chi connectivity index (χ1n) is 7.76. The molecular weight excluding hydrogens is 336 g/mol. The lowest BCUT2D eigenvalue weighted by atomic mass is 10.1. The predicted molar refractivity (Wildman–Crippen MR) is 97.4 cm³/mol. The molecule has 7 nitrogen and oxygen atoms in total. The molecule has 0 unspecified atom stereocenters. The topological polar surface area (TPSA) is 102 Å². The molecule has 0 fully saturated rings. The Morgan fingerprint density at radius 3 is 2.77 bits per heavy atom. The van der Waals surface area contributed by atoms with E-state index in [9.17, 15) is 9.59 Å². The summed E-state index contributed by atoms with van der Waals surface area (Å²) in [5.41, 5.74) is 2.12. The summed E-state index contributed by atoms with van der Waals surface area (Å²) in [6, 6.07) is 12.3. The number of methoxy groups -OCH3 is 1. The van der Waals surface area contributed by atoms with Gasteiger partial charge >= 0.3 is 5.97 Å². The molecule has 0 atom stereocenters. The van der Waals surface area contributed by atoms with Crippen molar-refractivity contribution in [1.29, 1.82) is 0 Å². The van der Waals surface area contributed by atoms with Gasteiger partial charge < -0.3 is 19.6 Å². The van der Waals surface area contributed by atoms with Crippen LogP contribution in [0.15, 0.2) is 47.3 Å². The molecule has 0 saturated carbocycles. The maximum Gasteiger partial charge on any atom is 0.341 e. The Hall–Kier alpha value is -3.61. The average Bonchev–Trinajstić information content (AvgIpc) is 2.64. The van der Waals surface area contributed by atoms with E-state index < -0.39 is 12.6 Å². The number of rotatable bonds is 6. The van der Waals surface area contributed by atoms with Gasteiger partial charge in [0, 0.05) is 0 Å². The summed E-state index contributed by atoms with van der Waals surface area (Å²) in [6.07, 6.45) is 3.33. The van der Waals surface area contributed by atoms with Crippen molar-refractivity contribution >= 4 is 29.2 Å². The fourth-order valence-corrected chi connectivity index (χ4v) is 2.38. The lowest BCUT2D eigenvalue weighted by molar-refractivity contribution is -0.139. The summed E-state index contributed by atoms with van der Waals surface area (Å²) in [6.45, 7) is -0.456. The number of aromatic amines is 1. The number of ether oxygens (including phenoxy) is 2. The molecule has 0 aliphatic heterocycles. The molecule has 26 heavy (non-hydrogen) atoms. The molecule has 1 heterocycles. The van der Waals surface area contributed by atoms with E-state index in [1.807, 2.05) is 18.2 Å². The largest absolute Gasteiger partial charge is 0.493 e. The van der Waals surface area contributed by atoms with Gasteiger partial charge in [0.15, 0.2) is 18.1 Å². The van der Waals surface area contributed by atoms with Gasteiger partial charge in [0.1, 0.15) is 5.69 Å². The number of carboxylic acids is 1.